The minimum atomic E-state index is -4.34. The van der Waals surface area contributed by atoms with E-state index in [1.807, 2.05) is 0 Å². The van der Waals surface area contributed by atoms with Gasteiger partial charge in [-0.1, -0.05) is 5.21 Å². The van der Waals surface area contributed by atoms with Gasteiger partial charge < -0.3 is 5.73 Å². The average Bonchev–Trinajstić information content (AvgIpc) is 2.70. The molecule has 1 unspecified atom stereocenters. The van der Waals surface area contributed by atoms with Crippen LogP contribution in [0.15, 0.2) is 24.3 Å². The Morgan fingerprint density at radius 2 is 1.79 bits per heavy atom. The van der Waals surface area contributed by atoms with Gasteiger partial charge >= 0.3 is 6.18 Å². The molecule has 4 nitrogen and oxygen atoms in total. The molecule has 0 aliphatic rings. The van der Waals surface area contributed by atoms with Crippen molar-refractivity contribution < 1.29 is 13.2 Å². The van der Waals surface area contributed by atoms with Crippen molar-refractivity contribution in [3.05, 3.63) is 41.2 Å². The summed E-state index contributed by atoms with van der Waals surface area (Å²) in [4.78, 5) is 0. The zero-order valence-corrected chi connectivity index (χ0v) is 10.4. The Balaban J connectivity index is 2.38. The molecule has 0 fully saturated rings. The van der Waals surface area contributed by atoms with Crippen molar-refractivity contribution in [1.82, 2.24) is 15.0 Å². The van der Waals surface area contributed by atoms with Crippen LogP contribution in [0.1, 0.15) is 29.9 Å². The van der Waals surface area contributed by atoms with Gasteiger partial charge in [0.25, 0.3) is 0 Å². The second-order valence-electron chi connectivity index (χ2n) is 4.31. The lowest BCUT2D eigenvalue weighted by Gasteiger charge is -2.08. The number of hydrogen-bond acceptors (Lipinski definition) is 3. The Morgan fingerprint density at radius 1 is 1.21 bits per heavy atom. The van der Waals surface area contributed by atoms with Gasteiger partial charge in [0.15, 0.2) is 0 Å². The molecule has 2 aromatic rings. The summed E-state index contributed by atoms with van der Waals surface area (Å²) < 4.78 is 38.9. The van der Waals surface area contributed by atoms with Gasteiger partial charge in [-0.15, -0.1) is 5.10 Å². The number of benzene rings is 1. The van der Waals surface area contributed by atoms with Crippen molar-refractivity contribution in [2.24, 2.45) is 5.73 Å². The van der Waals surface area contributed by atoms with Crippen LogP contribution in [0.2, 0.25) is 0 Å². The van der Waals surface area contributed by atoms with E-state index in [-0.39, 0.29) is 6.04 Å². The quantitative estimate of drug-likeness (QED) is 0.912. The molecule has 1 aromatic heterocycles. The maximum absolute atomic E-state index is 12.5. The summed E-state index contributed by atoms with van der Waals surface area (Å²) in [6, 6.07) is 4.47. The molecule has 0 amide bonds. The number of nitrogens with two attached hydrogens (primary N) is 1. The van der Waals surface area contributed by atoms with Crippen molar-refractivity contribution >= 4 is 0 Å². The van der Waals surface area contributed by atoms with E-state index in [0.29, 0.717) is 11.4 Å². The third-order valence-electron chi connectivity index (χ3n) is 2.80. The molecular formula is C12H13F3N4. The van der Waals surface area contributed by atoms with Gasteiger partial charge in [0.05, 0.1) is 16.9 Å². The number of halogens is 3. The number of aromatic nitrogens is 3. The minimum absolute atomic E-state index is 0.275. The van der Waals surface area contributed by atoms with Crippen LogP contribution in [-0.4, -0.2) is 15.0 Å². The third-order valence-corrected chi connectivity index (χ3v) is 2.80. The van der Waals surface area contributed by atoms with Crippen molar-refractivity contribution in [3.63, 3.8) is 0 Å². The highest BCUT2D eigenvalue weighted by molar-refractivity contribution is 5.36. The first-order valence-electron chi connectivity index (χ1n) is 5.66. The molecule has 7 heteroatoms. The lowest BCUT2D eigenvalue weighted by Crippen LogP contribution is -2.08. The number of nitrogens with zero attached hydrogens (tertiary/aromatic N) is 3. The fourth-order valence-electron chi connectivity index (χ4n) is 1.80. The fourth-order valence-corrected chi connectivity index (χ4v) is 1.80. The molecule has 2 N–H and O–H groups in total. The van der Waals surface area contributed by atoms with Gasteiger partial charge in [-0.3, -0.25) is 0 Å². The minimum Gasteiger partial charge on any atom is -0.323 e. The molecule has 0 aliphatic carbocycles. The van der Waals surface area contributed by atoms with Crippen LogP contribution in [-0.2, 0) is 6.18 Å². The first kappa shape index (κ1) is 13.5. The Labute approximate surface area is 108 Å². The zero-order chi connectivity index (χ0) is 14.2. The largest absolute Gasteiger partial charge is 0.416 e. The van der Waals surface area contributed by atoms with E-state index in [1.54, 1.807) is 13.8 Å². The monoisotopic (exact) mass is 270 g/mol. The molecule has 0 aliphatic heterocycles. The summed E-state index contributed by atoms with van der Waals surface area (Å²) in [5.74, 6) is 0. The molecule has 19 heavy (non-hydrogen) atoms. The van der Waals surface area contributed by atoms with E-state index in [0.717, 1.165) is 17.8 Å². The van der Waals surface area contributed by atoms with Crippen molar-refractivity contribution in [2.45, 2.75) is 26.1 Å². The molecule has 1 heterocycles. The summed E-state index contributed by atoms with van der Waals surface area (Å²) in [5.41, 5.74) is 6.89. The third kappa shape index (κ3) is 2.60. The summed E-state index contributed by atoms with van der Waals surface area (Å²) in [7, 11) is 0. The smallest absolute Gasteiger partial charge is 0.323 e. The lowest BCUT2D eigenvalue weighted by atomic mass is 10.2. The van der Waals surface area contributed by atoms with E-state index in [1.165, 1.54) is 16.8 Å². The van der Waals surface area contributed by atoms with Crippen LogP contribution in [0.5, 0.6) is 0 Å². The van der Waals surface area contributed by atoms with Gasteiger partial charge in [0, 0.05) is 6.04 Å². The van der Waals surface area contributed by atoms with Gasteiger partial charge in [-0.2, -0.15) is 13.2 Å². The molecule has 0 bridgehead atoms. The first-order chi connectivity index (χ1) is 8.80. The maximum atomic E-state index is 12.5. The van der Waals surface area contributed by atoms with E-state index in [9.17, 15) is 13.2 Å². The number of rotatable bonds is 2. The highest BCUT2D eigenvalue weighted by Crippen LogP contribution is 2.29. The average molecular weight is 270 g/mol. The van der Waals surface area contributed by atoms with Crippen molar-refractivity contribution in [3.8, 4) is 5.69 Å². The number of alkyl halides is 3. The second-order valence-corrected chi connectivity index (χ2v) is 4.31. The molecule has 1 aromatic carbocycles. The maximum Gasteiger partial charge on any atom is 0.416 e. The van der Waals surface area contributed by atoms with Gasteiger partial charge in [0.2, 0.25) is 0 Å². The van der Waals surface area contributed by atoms with Crippen LogP contribution in [0, 0.1) is 6.92 Å². The van der Waals surface area contributed by atoms with Gasteiger partial charge in [-0.25, -0.2) is 4.68 Å². The Bertz CT molecular complexity index is 570. The van der Waals surface area contributed by atoms with Crippen LogP contribution >= 0.6 is 0 Å². The summed E-state index contributed by atoms with van der Waals surface area (Å²) in [5, 5.41) is 7.83. The normalized spacial score (nSPS) is 13.6. The standard InChI is InChI=1S/C12H13F3N4/c1-7(16)11-8(2)19(18-17-11)10-5-3-9(4-6-10)12(13,14)15/h3-7H,16H2,1-2H3. The van der Waals surface area contributed by atoms with Crippen LogP contribution in [0.3, 0.4) is 0 Å². The van der Waals surface area contributed by atoms with Gasteiger partial charge in [-0.05, 0) is 38.1 Å². The molecule has 2 rings (SSSR count). The van der Waals surface area contributed by atoms with Crippen molar-refractivity contribution in [2.75, 3.05) is 0 Å². The Morgan fingerprint density at radius 3 is 2.21 bits per heavy atom. The molecule has 1 atom stereocenters. The zero-order valence-electron chi connectivity index (χ0n) is 10.4. The summed E-state index contributed by atoms with van der Waals surface area (Å²) >= 11 is 0. The molecule has 0 saturated carbocycles. The van der Waals surface area contributed by atoms with Gasteiger partial charge in [0.1, 0.15) is 5.69 Å². The summed E-state index contributed by atoms with van der Waals surface area (Å²) in [6.07, 6.45) is -4.34. The van der Waals surface area contributed by atoms with E-state index < -0.39 is 11.7 Å². The lowest BCUT2D eigenvalue weighted by molar-refractivity contribution is -0.137. The predicted octanol–water partition coefficient (Wildman–Crippen LogP) is 2.61. The second kappa shape index (κ2) is 4.65. The van der Waals surface area contributed by atoms with Crippen LogP contribution in [0.25, 0.3) is 5.69 Å². The Kier molecular flexibility index (Phi) is 3.32. The molecule has 0 saturated heterocycles. The summed E-state index contributed by atoms with van der Waals surface area (Å²) in [6.45, 7) is 3.55. The van der Waals surface area contributed by atoms with E-state index in [2.05, 4.69) is 10.3 Å². The van der Waals surface area contributed by atoms with Crippen LogP contribution in [0.4, 0.5) is 13.2 Å². The first-order valence-corrected chi connectivity index (χ1v) is 5.66. The fraction of sp³-hybridized carbons (Fsp3) is 0.333. The molecule has 0 spiro atoms. The number of hydrogen-bond donors (Lipinski definition) is 1. The molecule has 0 radical (unpaired) electrons. The highest BCUT2D eigenvalue weighted by atomic mass is 19.4. The Hall–Kier alpha value is -1.89. The molecule has 102 valence electrons. The predicted molar refractivity (Wildman–Crippen MR) is 63.7 cm³/mol. The molecular weight excluding hydrogens is 257 g/mol. The van der Waals surface area contributed by atoms with Crippen LogP contribution < -0.4 is 5.73 Å². The van der Waals surface area contributed by atoms with Crippen molar-refractivity contribution in [1.29, 1.82) is 0 Å². The van der Waals surface area contributed by atoms with E-state index in [4.69, 9.17) is 5.73 Å². The SMILES string of the molecule is Cc1c(C(C)N)nnn1-c1ccc(C(F)(F)F)cc1. The topological polar surface area (TPSA) is 56.7 Å². The van der Waals surface area contributed by atoms with E-state index >= 15 is 0 Å². The highest BCUT2D eigenvalue weighted by Gasteiger charge is 2.30.